The molecule has 0 bridgehead atoms. The number of hydrogen-bond acceptors (Lipinski definition) is 7. The van der Waals surface area contributed by atoms with E-state index >= 15 is 0 Å². The lowest BCUT2D eigenvalue weighted by Gasteiger charge is -2.34. The van der Waals surface area contributed by atoms with E-state index in [0.717, 1.165) is 29.9 Å². The van der Waals surface area contributed by atoms with E-state index in [1.165, 1.54) is 12.1 Å². The van der Waals surface area contributed by atoms with Crippen LogP contribution in [0, 0.1) is 12.7 Å². The zero-order chi connectivity index (χ0) is 29.3. The molecule has 2 heterocycles. The number of anilines is 2. The van der Waals surface area contributed by atoms with Crippen molar-refractivity contribution >= 4 is 28.4 Å². The molecule has 2 fully saturated rings. The van der Waals surface area contributed by atoms with Crippen LogP contribution in [0.15, 0.2) is 83.8 Å². The maximum Gasteiger partial charge on any atom is 0.417 e. The largest absolute Gasteiger partial charge is 0.417 e. The summed E-state index contributed by atoms with van der Waals surface area (Å²) in [5.74, 6) is 1.36. The highest BCUT2D eigenvalue weighted by molar-refractivity contribution is 7.86. The molecule has 8 nitrogen and oxygen atoms in total. The van der Waals surface area contributed by atoms with Gasteiger partial charge in [0.25, 0.3) is 0 Å². The third-order valence-corrected chi connectivity index (χ3v) is 10.1. The third-order valence-electron chi connectivity index (χ3n) is 7.68. The Labute approximate surface area is 246 Å². The topological polar surface area (TPSA) is 93.7 Å². The summed E-state index contributed by atoms with van der Waals surface area (Å²) in [5, 5.41) is 2.74. The van der Waals surface area contributed by atoms with Crippen molar-refractivity contribution in [2.24, 2.45) is 0 Å². The molecule has 1 aliphatic carbocycles. The Bertz CT molecular complexity index is 1630. The normalized spacial score (nSPS) is 18.3. The van der Waals surface area contributed by atoms with Crippen molar-refractivity contribution < 1.29 is 22.9 Å². The molecule has 6 rings (SSSR count). The highest BCUT2D eigenvalue weighted by Crippen LogP contribution is 2.53. The van der Waals surface area contributed by atoms with Gasteiger partial charge in [0.15, 0.2) is 15.5 Å². The summed E-state index contributed by atoms with van der Waals surface area (Å²) in [4.78, 5) is 25.1. The van der Waals surface area contributed by atoms with Gasteiger partial charge in [-0.3, -0.25) is 5.32 Å². The molecule has 2 aliphatic rings. The van der Waals surface area contributed by atoms with Crippen molar-refractivity contribution in [2.45, 2.75) is 42.4 Å². The summed E-state index contributed by atoms with van der Waals surface area (Å²) in [5.41, 5.74) is 2.71. The van der Waals surface area contributed by atoms with Crippen molar-refractivity contribution in [3.63, 3.8) is 0 Å². The van der Waals surface area contributed by atoms with Crippen molar-refractivity contribution in [3.05, 3.63) is 95.9 Å². The van der Waals surface area contributed by atoms with Gasteiger partial charge in [-0.15, -0.1) is 4.21 Å². The van der Waals surface area contributed by atoms with E-state index in [1.807, 2.05) is 24.3 Å². The summed E-state index contributed by atoms with van der Waals surface area (Å²) in [6, 6.07) is 22.5. The number of para-hydroxylation sites is 1. The number of benzene rings is 3. The number of thiol groups is 1. The van der Waals surface area contributed by atoms with Gasteiger partial charge in [0, 0.05) is 42.3 Å². The van der Waals surface area contributed by atoms with E-state index in [-0.39, 0.29) is 11.9 Å². The second-order valence-electron chi connectivity index (χ2n) is 10.7. The summed E-state index contributed by atoms with van der Waals surface area (Å²) in [6.45, 7) is 5.73. The predicted octanol–water partition coefficient (Wildman–Crippen LogP) is 6.17. The molecule has 1 saturated carbocycles. The van der Waals surface area contributed by atoms with Gasteiger partial charge in [-0.05, 0) is 68.4 Å². The van der Waals surface area contributed by atoms with Crippen LogP contribution >= 0.6 is 0 Å². The Balaban J connectivity index is 1.32. The molecular weight excluding hydrogens is 555 g/mol. The fourth-order valence-electron chi connectivity index (χ4n) is 5.22. The van der Waals surface area contributed by atoms with Gasteiger partial charge in [-0.25, -0.2) is 19.2 Å². The first kappa shape index (κ1) is 28.0. The minimum atomic E-state index is -1.89. The maximum absolute atomic E-state index is 14.0. The molecule has 216 valence electrons. The van der Waals surface area contributed by atoms with Crippen molar-refractivity contribution in [1.82, 2.24) is 9.97 Å². The van der Waals surface area contributed by atoms with E-state index in [9.17, 15) is 13.4 Å². The van der Waals surface area contributed by atoms with Gasteiger partial charge in [0.2, 0.25) is 0 Å². The molecule has 3 aromatic carbocycles. The number of aryl methyl sites for hydroxylation is 1. The van der Waals surface area contributed by atoms with Crippen LogP contribution in [0.3, 0.4) is 0 Å². The number of ether oxygens (including phenoxy) is 2. The van der Waals surface area contributed by atoms with Gasteiger partial charge in [-0.1, -0.05) is 18.2 Å². The van der Waals surface area contributed by atoms with E-state index in [0.29, 0.717) is 47.5 Å². The lowest BCUT2D eigenvalue weighted by atomic mass is 10.1. The molecule has 4 aromatic rings. The van der Waals surface area contributed by atoms with Crippen LogP contribution in [-0.2, 0) is 24.5 Å². The SMILES string of the molecule is Cc1cc(F)ccc1[SH+](=O)C1(c2cc(N3CCOC[C@@H]3C)nc(-c3ccc(NC(=O)Oc4ccccc4)cc3)n2)CC1. The molecule has 0 radical (unpaired) electrons. The Morgan fingerprint density at radius 3 is 2.52 bits per heavy atom. The fourth-order valence-corrected chi connectivity index (χ4v) is 7.11. The zero-order valence-electron chi connectivity index (χ0n) is 23.4. The third kappa shape index (κ3) is 5.77. The van der Waals surface area contributed by atoms with Crippen molar-refractivity contribution in [3.8, 4) is 17.1 Å². The molecule has 0 spiro atoms. The summed E-state index contributed by atoms with van der Waals surface area (Å²) in [7, 11) is -1.89. The Kier molecular flexibility index (Phi) is 7.74. The second kappa shape index (κ2) is 11.6. The molecule has 2 atom stereocenters. The zero-order valence-corrected chi connectivity index (χ0v) is 24.3. The number of carbonyl (C=O) groups excluding carboxylic acids is 1. The van der Waals surface area contributed by atoms with Gasteiger partial charge in [0.1, 0.15) is 33.9 Å². The molecule has 1 N–H and O–H groups in total. The minimum absolute atomic E-state index is 0.111. The summed E-state index contributed by atoms with van der Waals surface area (Å²) >= 11 is 0. The standard InChI is InChI=1S/C32H31FN4O4S/c1-21-18-24(33)10-13-27(21)42(39)32(14-15-32)28-19-29(37-16-17-40-20-22(37)2)36-30(35-28)23-8-11-25(12-9-23)34-31(38)41-26-6-4-3-5-7-26/h3-13,18-19,22H,14-17,20H2,1-2H3,(H,34,38)/p+1/t22-,42?/m0/s1. The number of hydrogen-bond donors (Lipinski definition) is 1. The quantitative estimate of drug-likeness (QED) is 0.204. The number of morpholine rings is 1. The van der Waals surface area contributed by atoms with Crippen molar-refractivity contribution in [1.29, 1.82) is 0 Å². The van der Waals surface area contributed by atoms with E-state index < -0.39 is 21.6 Å². The number of nitrogens with one attached hydrogen (secondary N) is 1. The van der Waals surface area contributed by atoms with Crippen LogP contribution in [-0.4, -0.2) is 41.9 Å². The average Bonchev–Trinajstić information content (AvgIpc) is 3.80. The van der Waals surface area contributed by atoms with Gasteiger partial charge in [-0.2, -0.15) is 0 Å². The summed E-state index contributed by atoms with van der Waals surface area (Å²) in [6.07, 6.45) is 0.853. The molecule has 1 aliphatic heterocycles. The van der Waals surface area contributed by atoms with Crippen LogP contribution in [0.1, 0.15) is 31.0 Å². The van der Waals surface area contributed by atoms with E-state index in [4.69, 9.17) is 19.4 Å². The number of nitrogens with zero attached hydrogens (tertiary/aromatic N) is 3. The van der Waals surface area contributed by atoms with Crippen LogP contribution in [0.4, 0.5) is 20.7 Å². The first-order chi connectivity index (χ1) is 20.3. The van der Waals surface area contributed by atoms with Gasteiger partial charge in [0.05, 0.1) is 19.3 Å². The van der Waals surface area contributed by atoms with Crippen LogP contribution < -0.4 is 15.0 Å². The highest BCUT2D eigenvalue weighted by Gasteiger charge is 2.58. The van der Waals surface area contributed by atoms with Crippen LogP contribution in [0.25, 0.3) is 11.4 Å². The average molecular weight is 588 g/mol. The van der Waals surface area contributed by atoms with E-state index in [2.05, 4.69) is 17.1 Å². The lowest BCUT2D eigenvalue weighted by Crippen LogP contribution is -2.44. The van der Waals surface area contributed by atoms with Gasteiger partial charge < -0.3 is 14.4 Å². The Hall–Kier alpha value is -4.15. The molecular formula is C32H32FN4O4S+. The first-order valence-electron chi connectivity index (χ1n) is 13.9. The van der Waals surface area contributed by atoms with E-state index in [1.54, 1.807) is 49.4 Å². The van der Waals surface area contributed by atoms with Crippen molar-refractivity contribution in [2.75, 3.05) is 30.0 Å². The number of rotatable bonds is 7. The molecule has 1 amide bonds. The van der Waals surface area contributed by atoms with Crippen LogP contribution in [0.5, 0.6) is 5.75 Å². The molecule has 10 heteroatoms. The summed E-state index contributed by atoms with van der Waals surface area (Å²) < 4.78 is 38.2. The Morgan fingerprint density at radius 2 is 1.83 bits per heavy atom. The van der Waals surface area contributed by atoms with Crippen LogP contribution in [0.2, 0.25) is 0 Å². The lowest BCUT2D eigenvalue weighted by molar-refractivity contribution is 0.0985. The second-order valence-corrected chi connectivity index (χ2v) is 12.6. The Morgan fingerprint density at radius 1 is 1.07 bits per heavy atom. The molecule has 1 unspecified atom stereocenters. The molecule has 42 heavy (non-hydrogen) atoms. The fraction of sp³-hybridized carbons (Fsp3) is 0.281. The predicted molar refractivity (Wildman–Crippen MR) is 161 cm³/mol. The maximum atomic E-state index is 14.0. The van der Waals surface area contributed by atoms with Gasteiger partial charge >= 0.3 is 6.09 Å². The number of carbonyl (C=O) groups is 1. The minimum Gasteiger partial charge on any atom is -0.410 e. The monoisotopic (exact) mass is 587 g/mol. The number of halogens is 1. The highest BCUT2D eigenvalue weighted by atomic mass is 32.2. The molecule has 1 aromatic heterocycles. The smallest absolute Gasteiger partial charge is 0.410 e. The number of aromatic nitrogens is 2. The number of amides is 1. The first-order valence-corrected chi connectivity index (χ1v) is 15.2. The molecule has 1 saturated heterocycles.